The van der Waals surface area contributed by atoms with Crippen molar-refractivity contribution in [2.24, 2.45) is 14.1 Å². The zero-order valence-electron chi connectivity index (χ0n) is 18.3. The minimum atomic E-state index is -2.07. The Morgan fingerprint density at radius 3 is 2.47 bits per heavy atom. The topological polar surface area (TPSA) is 52.7 Å². The Kier molecular flexibility index (Phi) is 5.77. The van der Waals surface area contributed by atoms with Gasteiger partial charge in [0.2, 0.25) is 5.67 Å². The van der Waals surface area contributed by atoms with Crippen LogP contribution in [0, 0.1) is 3.57 Å². The van der Waals surface area contributed by atoms with Gasteiger partial charge in [0.15, 0.2) is 0 Å². The molecule has 2 aromatic carbocycles. The van der Waals surface area contributed by atoms with Gasteiger partial charge in [0.25, 0.3) is 5.56 Å². The molecule has 0 unspecified atom stereocenters. The van der Waals surface area contributed by atoms with Crippen molar-refractivity contribution in [1.29, 1.82) is 0 Å². The zero-order valence-corrected chi connectivity index (χ0v) is 21.2. The van der Waals surface area contributed by atoms with Gasteiger partial charge in [-0.3, -0.25) is 4.79 Å². The molecule has 8 heteroatoms. The Labute approximate surface area is 214 Å². The molecule has 0 aliphatic rings. The van der Waals surface area contributed by atoms with Gasteiger partial charge in [0.05, 0.1) is 34.9 Å². The molecule has 34 heavy (non-hydrogen) atoms. The third-order valence-electron chi connectivity index (χ3n) is 5.99. The van der Waals surface area contributed by atoms with Crippen LogP contribution in [-0.2, 0) is 19.8 Å². The molecule has 0 fully saturated rings. The van der Waals surface area contributed by atoms with Crippen molar-refractivity contribution in [2.45, 2.75) is 5.67 Å². The highest BCUT2D eigenvalue weighted by Gasteiger charge is 2.41. The van der Waals surface area contributed by atoms with Crippen LogP contribution in [0.25, 0.3) is 22.2 Å². The van der Waals surface area contributed by atoms with E-state index < -0.39 is 5.67 Å². The first-order valence-electron chi connectivity index (χ1n) is 10.5. The Balaban J connectivity index is 1.84. The van der Waals surface area contributed by atoms with Crippen LogP contribution in [0.1, 0.15) is 17.0 Å². The van der Waals surface area contributed by atoms with Crippen LogP contribution < -0.4 is 5.56 Å². The third kappa shape index (κ3) is 3.73. The Hall–Kier alpha value is -3.04. The van der Waals surface area contributed by atoms with E-state index in [1.54, 1.807) is 61.4 Å². The van der Waals surface area contributed by atoms with Crippen molar-refractivity contribution in [3.8, 4) is 11.1 Å². The molecule has 170 valence electrons. The highest BCUT2D eigenvalue weighted by atomic mass is 127. The lowest BCUT2D eigenvalue weighted by molar-refractivity contribution is 0.260. The fourth-order valence-electron chi connectivity index (χ4n) is 4.19. The van der Waals surface area contributed by atoms with E-state index in [0.29, 0.717) is 32.9 Å². The molecular formula is C26H19ClFIN4O. The summed E-state index contributed by atoms with van der Waals surface area (Å²) in [6, 6.07) is 19.3. The van der Waals surface area contributed by atoms with Gasteiger partial charge in [0.1, 0.15) is 0 Å². The lowest BCUT2D eigenvalue weighted by atomic mass is 9.88. The van der Waals surface area contributed by atoms with Gasteiger partial charge in [-0.05, 0) is 64.6 Å². The van der Waals surface area contributed by atoms with E-state index in [2.05, 4.69) is 27.6 Å². The van der Waals surface area contributed by atoms with Gasteiger partial charge in [-0.1, -0.05) is 35.9 Å². The number of alkyl halides is 1. The number of pyridine rings is 2. The van der Waals surface area contributed by atoms with Crippen LogP contribution >= 0.6 is 34.2 Å². The van der Waals surface area contributed by atoms with Crippen molar-refractivity contribution in [2.75, 3.05) is 0 Å². The summed E-state index contributed by atoms with van der Waals surface area (Å²) in [5.41, 5.74) is 1.19. The third-order valence-corrected chi connectivity index (χ3v) is 6.94. The second kappa shape index (κ2) is 8.63. The van der Waals surface area contributed by atoms with Crippen LogP contribution in [0.2, 0.25) is 5.02 Å². The van der Waals surface area contributed by atoms with E-state index in [9.17, 15) is 4.79 Å². The highest BCUT2D eigenvalue weighted by Crippen LogP contribution is 2.41. The SMILES string of the molecule is Cn1cncc1[C@@](F)(c1ccc(I)cc1)c1ccc2c(n1)c(-c1cccc(Cl)c1)cc(=O)n2C. The fraction of sp³-hybridized carbons (Fsp3) is 0.115. The van der Waals surface area contributed by atoms with Crippen LogP contribution in [0.5, 0.6) is 0 Å². The molecule has 0 radical (unpaired) electrons. The van der Waals surface area contributed by atoms with Crippen molar-refractivity contribution in [1.82, 2.24) is 19.1 Å². The summed E-state index contributed by atoms with van der Waals surface area (Å²) in [5, 5.41) is 0.538. The van der Waals surface area contributed by atoms with Crippen molar-refractivity contribution in [3.05, 3.63) is 115 Å². The molecule has 5 nitrogen and oxygen atoms in total. The van der Waals surface area contributed by atoms with Gasteiger partial charge >= 0.3 is 0 Å². The van der Waals surface area contributed by atoms with Crippen LogP contribution in [-0.4, -0.2) is 19.1 Å². The minimum Gasteiger partial charge on any atom is -0.334 e. The summed E-state index contributed by atoms with van der Waals surface area (Å²) in [5.74, 6) is 0. The summed E-state index contributed by atoms with van der Waals surface area (Å²) < 4.78 is 21.5. The fourth-order valence-corrected chi connectivity index (χ4v) is 4.74. The number of aryl methyl sites for hydroxylation is 2. The van der Waals surface area contributed by atoms with Gasteiger partial charge < -0.3 is 9.13 Å². The minimum absolute atomic E-state index is 0.187. The number of hydrogen-bond donors (Lipinski definition) is 0. The maximum Gasteiger partial charge on any atom is 0.251 e. The molecule has 0 spiro atoms. The lowest BCUT2D eigenvalue weighted by Crippen LogP contribution is -2.28. The summed E-state index contributed by atoms with van der Waals surface area (Å²) in [6.45, 7) is 0. The predicted octanol–water partition coefficient (Wildman–Crippen LogP) is 5.85. The predicted molar refractivity (Wildman–Crippen MR) is 141 cm³/mol. The first kappa shape index (κ1) is 22.7. The second-order valence-electron chi connectivity index (χ2n) is 8.08. The van der Waals surface area contributed by atoms with Crippen molar-refractivity contribution in [3.63, 3.8) is 0 Å². The van der Waals surface area contributed by atoms with E-state index in [1.807, 2.05) is 24.3 Å². The average molecular weight is 585 g/mol. The maximum absolute atomic E-state index is 17.3. The average Bonchev–Trinajstić information content (AvgIpc) is 3.27. The first-order chi connectivity index (χ1) is 16.3. The summed E-state index contributed by atoms with van der Waals surface area (Å²) in [6.07, 6.45) is 3.08. The highest BCUT2D eigenvalue weighted by molar-refractivity contribution is 14.1. The number of halogens is 3. The quantitative estimate of drug-likeness (QED) is 0.249. The van der Waals surface area contributed by atoms with Gasteiger partial charge in [-0.25, -0.2) is 14.4 Å². The molecule has 5 rings (SSSR count). The lowest BCUT2D eigenvalue weighted by Gasteiger charge is -2.26. The van der Waals surface area contributed by atoms with E-state index >= 15 is 4.39 Å². The van der Waals surface area contributed by atoms with Crippen molar-refractivity contribution >= 4 is 45.2 Å². The molecule has 0 saturated carbocycles. The molecule has 0 N–H and O–H groups in total. The van der Waals surface area contributed by atoms with E-state index in [0.717, 1.165) is 9.13 Å². The summed E-state index contributed by atoms with van der Waals surface area (Å²) >= 11 is 8.42. The zero-order chi connectivity index (χ0) is 24.0. The number of nitrogens with zero attached hydrogens (tertiary/aromatic N) is 4. The van der Waals surface area contributed by atoms with Gasteiger partial charge in [0, 0.05) is 39.9 Å². The number of rotatable bonds is 4. The molecule has 0 aliphatic carbocycles. The molecule has 5 aromatic rings. The molecule has 0 bridgehead atoms. The molecule has 0 amide bonds. The van der Waals surface area contributed by atoms with Crippen LogP contribution in [0.4, 0.5) is 4.39 Å². The molecular weight excluding hydrogens is 566 g/mol. The van der Waals surface area contributed by atoms with Crippen LogP contribution in [0.3, 0.4) is 0 Å². The number of imidazole rings is 1. The van der Waals surface area contributed by atoms with Gasteiger partial charge in [-0.2, -0.15) is 0 Å². The first-order valence-corrected chi connectivity index (χ1v) is 11.9. The number of fused-ring (bicyclic) bond motifs is 1. The summed E-state index contributed by atoms with van der Waals surface area (Å²) in [7, 11) is 3.43. The number of hydrogen-bond acceptors (Lipinski definition) is 3. The number of benzene rings is 2. The van der Waals surface area contributed by atoms with E-state index in [-0.39, 0.29) is 11.3 Å². The Morgan fingerprint density at radius 1 is 1.03 bits per heavy atom. The van der Waals surface area contributed by atoms with E-state index in [1.165, 1.54) is 16.8 Å². The largest absolute Gasteiger partial charge is 0.334 e. The molecule has 1 atom stereocenters. The second-order valence-corrected chi connectivity index (χ2v) is 9.77. The van der Waals surface area contributed by atoms with Crippen molar-refractivity contribution < 1.29 is 4.39 Å². The molecule has 0 aliphatic heterocycles. The Bertz CT molecular complexity index is 1600. The monoisotopic (exact) mass is 584 g/mol. The normalized spacial score (nSPS) is 13.2. The van der Waals surface area contributed by atoms with Crippen LogP contribution in [0.15, 0.2) is 84.0 Å². The number of aromatic nitrogens is 4. The maximum atomic E-state index is 17.3. The molecule has 0 saturated heterocycles. The smallest absolute Gasteiger partial charge is 0.251 e. The Morgan fingerprint density at radius 2 is 1.79 bits per heavy atom. The molecule has 3 aromatic heterocycles. The summed E-state index contributed by atoms with van der Waals surface area (Å²) in [4.78, 5) is 21.7. The van der Waals surface area contributed by atoms with E-state index in [4.69, 9.17) is 16.6 Å². The standard InChI is InChI=1S/C26H19ClFIN4O/c1-32-15-30-14-23(32)26(28,17-6-8-19(29)9-7-17)22-11-10-21-25(31-22)20(13-24(34)33(21)2)16-4-3-5-18(27)12-16/h3-15H,1-2H3/t26-/m1/s1. The molecule has 3 heterocycles. The van der Waals surface area contributed by atoms with Gasteiger partial charge in [-0.15, -0.1) is 0 Å².